The average molecular weight is 296 g/mol. The van der Waals surface area contributed by atoms with Gasteiger partial charge in [-0.2, -0.15) is 5.10 Å². The van der Waals surface area contributed by atoms with Gasteiger partial charge in [0.2, 0.25) is 0 Å². The third kappa shape index (κ3) is 5.12. The minimum Gasteiger partial charge on any atom is -0.468 e. The highest BCUT2D eigenvalue weighted by Gasteiger charge is 2.32. The van der Waals surface area contributed by atoms with Gasteiger partial charge in [-0.05, 0) is 53.0 Å². The molecular weight excluding hydrogens is 268 g/mol. The molecule has 1 rings (SSSR count). The first-order valence-electron chi connectivity index (χ1n) is 7.64. The lowest BCUT2D eigenvalue weighted by Gasteiger charge is -2.28. The summed E-state index contributed by atoms with van der Waals surface area (Å²) in [5.74, 6) is 1.55. The molecule has 21 heavy (non-hydrogen) atoms. The van der Waals surface area contributed by atoms with Crippen LogP contribution in [0.3, 0.4) is 0 Å². The minimum atomic E-state index is -0.599. The van der Waals surface area contributed by atoms with E-state index in [4.69, 9.17) is 4.74 Å². The molecule has 0 aliphatic rings. The SMILES string of the molecule is CCCNC(C)(CCCCn1nc(C)nc1C)C(=O)OC. The normalized spacial score (nSPS) is 14.0. The molecule has 0 radical (unpaired) electrons. The van der Waals surface area contributed by atoms with Gasteiger partial charge < -0.3 is 10.1 Å². The lowest BCUT2D eigenvalue weighted by Crippen LogP contribution is -2.50. The van der Waals surface area contributed by atoms with E-state index in [9.17, 15) is 4.79 Å². The summed E-state index contributed by atoms with van der Waals surface area (Å²) in [7, 11) is 1.44. The fraction of sp³-hybridized carbons (Fsp3) is 0.800. The molecule has 1 unspecified atom stereocenters. The zero-order valence-electron chi connectivity index (χ0n) is 13.9. The van der Waals surface area contributed by atoms with Crippen molar-refractivity contribution in [2.24, 2.45) is 0 Å². The Morgan fingerprint density at radius 3 is 2.62 bits per heavy atom. The molecular formula is C15H28N4O2. The first-order chi connectivity index (χ1) is 9.92. The van der Waals surface area contributed by atoms with Crippen LogP contribution in [0.4, 0.5) is 0 Å². The molecule has 1 heterocycles. The number of rotatable bonds is 9. The monoisotopic (exact) mass is 296 g/mol. The number of aryl methyl sites for hydroxylation is 3. The van der Waals surface area contributed by atoms with E-state index in [2.05, 4.69) is 22.3 Å². The molecule has 1 atom stereocenters. The highest BCUT2D eigenvalue weighted by atomic mass is 16.5. The highest BCUT2D eigenvalue weighted by Crippen LogP contribution is 2.16. The fourth-order valence-electron chi connectivity index (χ4n) is 2.40. The van der Waals surface area contributed by atoms with Crippen LogP contribution in [0.25, 0.3) is 0 Å². The van der Waals surface area contributed by atoms with E-state index in [1.54, 1.807) is 0 Å². The Labute approximate surface area is 127 Å². The Balaban J connectivity index is 2.46. The van der Waals surface area contributed by atoms with Crippen LogP contribution < -0.4 is 5.32 Å². The van der Waals surface area contributed by atoms with Gasteiger partial charge in [0, 0.05) is 6.54 Å². The number of aromatic nitrogens is 3. The molecule has 0 amide bonds. The summed E-state index contributed by atoms with van der Waals surface area (Å²) in [6.45, 7) is 9.50. The standard InChI is InChI=1S/C15H28N4O2/c1-6-10-16-15(4,14(20)21-5)9-7-8-11-19-13(3)17-12(2)18-19/h16H,6-11H2,1-5H3. The summed E-state index contributed by atoms with van der Waals surface area (Å²) in [5.41, 5.74) is -0.599. The quantitative estimate of drug-likeness (QED) is 0.557. The predicted molar refractivity (Wildman–Crippen MR) is 82.1 cm³/mol. The maximum absolute atomic E-state index is 11.9. The van der Waals surface area contributed by atoms with Crippen molar-refractivity contribution < 1.29 is 9.53 Å². The van der Waals surface area contributed by atoms with Crippen LogP contribution >= 0.6 is 0 Å². The van der Waals surface area contributed by atoms with Crippen LogP contribution in [-0.2, 0) is 16.1 Å². The number of nitrogens with one attached hydrogen (secondary N) is 1. The smallest absolute Gasteiger partial charge is 0.325 e. The molecule has 6 nitrogen and oxygen atoms in total. The van der Waals surface area contributed by atoms with Gasteiger partial charge in [-0.3, -0.25) is 9.48 Å². The van der Waals surface area contributed by atoms with E-state index in [0.717, 1.165) is 50.4 Å². The summed E-state index contributed by atoms with van der Waals surface area (Å²) < 4.78 is 6.84. The Morgan fingerprint density at radius 2 is 2.10 bits per heavy atom. The molecule has 6 heteroatoms. The van der Waals surface area contributed by atoms with Gasteiger partial charge >= 0.3 is 5.97 Å². The molecule has 1 aromatic rings. The van der Waals surface area contributed by atoms with Gasteiger partial charge in [0.1, 0.15) is 17.2 Å². The number of nitrogens with zero attached hydrogens (tertiary/aromatic N) is 3. The molecule has 120 valence electrons. The molecule has 0 fully saturated rings. The topological polar surface area (TPSA) is 69.0 Å². The Bertz CT molecular complexity index is 459. The lowest BCUT2D eigenvalue weighted by atomic mass is 9.94. The molecule has 0 bridgehead atoms. The van der Waals surface area contributed by atoms with Crippen LogP contribution in [0.1, 0.15) is 51.2 Å². The Morgan fingerprint density at radius 1 is 1.38 bits per heavy atom. The van der Waals surface area contributed by atoms with Crippen LogP contribution in [0, 0.1) is 13.8 Å². The van der Waals surface area contributed by atoms with E-state index < -0.39 is 5.54 Å². The lowest BCUT2D eigenvalue weighted by molar-refractivity contribution is -0.148. The third-order valence-corrected chi connectivity index (χ3v) is 3.66. The molecule has 1 N–H and O–H groups in total. The van der Waals surface area contributed by atoms with Crippen molar-refractivity contribution in [1.82, 2.24) is 20.1 Å². The summed E-state index contributed by atoms with van der Waals surface area (Å²) in [6.07, 6.45) is 3.64. The number of carbonyl (C=O) groups excluding carboxylic acids is 1. The van der Waals surface area contributed by atoms with Crippen LogP contribution in [0.15, 0.2) is 0 Å². The van der Waals surface area contributed by atoms with Crippen molar-refractivity contribution >= 4 is 5.97 Å². The van der Waals surface area contributed by atoms with E-state index >= 15 is 0 Å². The van der Waals surface area contributed by atoms with Gasteiger partial charge in [-0.1, -0.05) is 6.92 Å². The van der Waals surface area contributed by atoms with Gasteiger partial charge in [-0.25, -0.2) is 4.98 Å². The van der Waals surface area contributed by atoms with Gasteiger partial charge in [0.15, 0.2) is 0 Å². The minimum absolute atomic E-state index is 0.191. The zero-order valence-corrected chi connectivity index (χ0v) is 13.9. The van der Waals surface area contributed by atoms with Crippen molar-refractivity contribution in [3.63, 3.8) is 0 Å². The molecule has 0 saturated heterocycles. The molecule has 1 aromatic heterocycles. The van der Waals surface area contributed by atoms with Gasteiger partial charge in [0.25, 0.3) is 0 Å². The van der Waals surface area contributed by atoms with Crippen molar-refractivity contribution in [3.05, 3.63) is 11.6 Å². The zero-order chi connectivity index (χ0) is 15.9. The summed E-state index contributed by atoms with van der Waals surface area (Å²) in [5, 5.41) is 7.64. The molecule has 0 aromatic carbocycles. The van der Waals surface area contributed by atoms with Crippen molar-refractivity contribution in [2.75, 3.05) is 13.7 Å². The van der Waals surface area contributed by atoms with Crippen LogP contribution in [0.2, 0.25) is 0 Å². The van der Waals surface area contributed by atoms with E-state index in [1.165, 1.54) is 7.11 Å². The molecule has 0 spiro atoms. The van der Waals surface area contributed by atoms with E-state index in [0.29, 0.717) is 0 Å². The number of hydrogen-bond acceptors (Lipinski definition) is 5. The van der Waals surface area contributed by atoms with Crippen molar-refractivity contribution in [3.8, 4) is 0 Å². The van der Waals surface area contributed by atoms with E-state index in [1.807, 2.05) is 25.5 Å². The second kappa shape index (κ2) is 8.12. The Kier molecular flexibility index (Phi) is 6.81. The maximum atomic E-state index is 11.9. The fourth-order valence-corrected chi connectivity index (χ4v) is 2.40. The molecule has 0 aliphatic heterocycles. The summed E-state index contributed by atoms with van der Waals surface area (Å²) >= 11 is 0. The number of esters is 1. The van der Waals surface area contributed by atoms with E-state index in [-0.39, 0.29) is 5.97 Å². The van der Waals surface area contributed by atoms with Crippen molar-refractivity contribution in [1.29, 1.82) is 0 Å². The molecule has 0 saturated carbocycles. The predicted octanol–water partition coefficient (Wildman–Crippen LogP) is 2.00. The number of hydrogen-bond donors (Lipinski definition) is 1. The Hall–Kier alpha value is -1.43. The summed E-state index contributed by atoms with van der Waals surface area (Å²) in [4.78, 5) is 16.2. The van der Waals surface area contributed by atoms with Gasteiger partial charge in [0.05, 0.1) is 7.11 Å². The van der Waals surface area contributed by atoms with Crippen molar-refractivity contribution in [2.45, 2.75) is 65.5 Å². The van der Waals surface area contributed by atoms with Gasteiger partial charge in [-0.15, -0.1) is 0 Å². The number of ether oxygens (including phenoxy) is 1. The van der Waals surface area contributed by atoms with Crippen LogP contribution in [0.5, 0.6) is 0 Å². The highest BCUT2D eigenvalue weighted by molar-refractivity contribution is 5.80. The van der Waals surface area contributed by atoms with Crippen LogP contribution in [-0.4, -0.2) is 39.9 Å². The third-order valence-electron chi connectivity index (χ3n) is 3.66. The first kappa shape index (κ1) is 17.6. The largest absolute Gasteiger partial charge is 0.468 e. The summed E-state index contributed by atoms with van der Waals surface area (Å²) in [6, 6.07) is 0. The first-order valence-corrected chi connectivity index (χ1v) is 7.64. The maximum Gasteiger partial charge on any atom is 0.325 e. The number of unbranched alkanes of at least 4 members (excludes halogenated alkanes) is 1. The number of methoxy groups -OCH3 is 1. The molecule has 0 aliphatic carbocycles. The second-order valence-corrected chi connectivity index (χ2v) is 5.64. The second-order valence-electron chi connectivity index (χ2n) is 5.64. The number of carbonyl (C=O) groups is 1. The average Bonchev–Trinajstić information content (AvgIpc) is 2.78.